The quantitative estimate of drug-likeness (QED) is 0.452. The second-order valence-electron chi connectivity index (χ2n) is 4.91. The van der Waals surface area contributed by atoms with Crippen LogP contribution in [0.4, 0.5) is 0 Å². The monoisotopic (exact) mass is 303 g/mol. The van der Waals surface area contributed by atoms with Crippen LogP contribution in [0.1, 0.15) is 20.8 Å². The topological polar surface area (TPSA) is 85.1 Å². The van der Waals surface area contributed by atoms with Gasteiger partial charge in [0, 0.05) is 18.9 Å². The number of nitrogens with one attached hydrogen (secondary N) is 1. The lowest BCUT2D eigenvalue weighted by Crippen LogP contribution is -2.25. The van der Waals surface area contributed by atoms with Crippen LogP contribution >= 0.6 is 11.8 Å². The van der Waals surface area contributed by atoms with Gasteiger partial charge in [-0.15, -0.1) is 5.10 Å². The predicted octanol–water partition coefficient (Wildman–Crippen LogP) is 0.408. The van der Waals surface area contributed by atoms with E-state index in [4.69, 9.17) is 4.74 Å². The average Bonchev–Trinajstić information content (AvgIpc) is 2.86. The molecular weight excluding hydrogens is 278 g/mol. The van der Waals surface area contributed by atoms with Gasteiger partial charge in [-0.05, 0) is 29.8 Å². The second kappa shape index (κ2) is 10.1. The number of aliphatic hydroxyl groups is 1. The Morgan fingerprint density at radius 3 is 2.95 bits per heavy atom. The number of tetrazole rings is 1. The van der Waals surface area contributed by atoms with E-state index >= 15 is 0 Å². The summed E-state index contributed by atoms with van der Waals surface area (Å²) in [6.07, 6.45) is -0.496. The summed E-state index contributed by atoms with van der Waals surface area (Å²) < 4.78 is 6.92. The van der Waals surface area contributed by atoms with Gasteiger partial charge in [-0.3, -0.25) is 0 Å². The summed E-state index contributed by atoms with van der Waals surface area (Å²) in [4.78, 5) is 0. The third-order valence-corrected chi connectivity index (χ3v) is 3.57. The van der Waals surface area contributed by atoms with Crippen molar-refractivity contribution in [3.8, 4) is 0 Å². The van der Waals surface area contributed by atoms with E-state index < -0.39 is 6.10 Å². The summed E-state index contributed by atoms with van der Waals surface area (Å²) in [6.45, 7) is 9.75. The van der Waals surface area contributed by atoms with Gasteiger partial charge < -0.3 is 15.2 Å². The van der Waals surface area contributed by atoms with E-state index in [9.17, 15) is 5.11 Å². The van der Waals surface area contributed by atoms with Gasteiger partial charge in [0.15, 0.2) is 0 Å². The molecule has 1 aromatic heterocycles. The summed E-state index contributed by atoms with van der Waals surface area (Å²) in [5, 5.41) is 25.4. The molecule has 116 valence electrons. The van der Waals surface area contributed by atoms with Crippen LogP contribution in [-0.4, -0.2) is 63.5 Å². The van der Waals surface area contributed by atoms with Crippen molar-refractivity contribution in [3.63, 3.8) is 0 Å². The standard InChI is InChI=1S/C12H25N5O2S/c1-4-19-8-11(18)9-20-12-14-15-16-17(12)6-5-13-7-10(2)3/h10-11,13,18H,4-9H2,1-3H3. The molecule has 0 spiro atoms. The lowest BCUT2D eigenvalue weighted by atomic mass is 10.2. The van der Waals surface area contributed by atoms with Gasteiger partial charge in [0.25, 0.3) is 0 Å². The van der Waals surface area contributed by atoms with Crippen LogP contribution in [0.3, 0.4) is 0 Å². The summed E-state index contributed by atoms with van der Waals surface area (Å²) >= 11 is 1.45. The zero-order valence-electron chi connectivity index (χ0n) is 12.4. The Bertz CT molecular complexity index is 361. The van der Waals surface area contributed by atoms with E-state index in [0.717, 1.165) is 24.8 Å². The lowest BCUT2D eigenvalue weighted by Gasteiger charge is -2.10. The number of nitrogens with zero attached hydrogens (tertiary/aromatic N) is 4. The van der Waals surface area contributed by atoms with Crippen molar-refractivity contribution in [2.24, 2.45) is 5.92 Å². The number of thioether (sulfide) groups is 1. The molecule has 1 heterocycles. The molecule has 0 saturated carbocycles. The number of hydrogen-bond donors (Lipinski definition) is 2. The molecule has 1 rings (SSSR count). The number of rotatable bonds is 11. The Morgan fingerprint density at radius 2 is 2.25 bits per heavy atom. The van der Waals surface area contributed by atoms with Crippen molar-refractivity contribution < 1.29 is 9.84 Å². The maximum Gasteiger partial charge on any atom is 0.209 e. The summed E-state index contributed by atoms with van der Waals surface area (Å²) in [5.74, 6) is 1.16. The summed E-state index contributed by atoms with van der Waals surface area (Å²) in [6, 6.07) is 0. The van der Waals surface area contributed by atoms with Crippen LogP contribution in [0.15, 0.2) is 5.16 Å². The highest BCUT2D eigenvalue weighted by atomic mass is 32.2. The number of aromatic nitrogens is 4. The molecule has 0 aliphatic heterocycles. The molecule has 2 N–H and O–H groups in total. The predicted molar refractivity (Wildman–Crippen MR) is 78.7 cm³/mol. The second-order valence-corrected chi connectivity index (χ2v) is 5.89. The van der Waals surface area contributed by atoms with Gasteiger partial charge >= 0.3 is 0 Å². The Morgan fingerprint density at radius 1 is 1.45 bits per heavy atom. The van der Waals surface area contributed by atoms with E-state index in [-0.39, 0.29) is 0 Å². The van der Waals surface area contributed by atoms with E-state index in [0.29, 0.717) is 24.9 Å². The number of hydrogen-bond acceptors (Lipinski definition) is 7. The molecular formula is C12H25N5O2S. The normalized spacial score (nSPS) is 13.1. The van der Waals surface area contributed by atoms with Crippen LogP contribution in [0.25, 0.3) is 0 Å². The fourth-order valence-electron chi connectivity index (χ4n) is 1.49. The summed E-state index contributed by atoms with van der Waals surface area (Å²) in [7, 11) is 0. The van der Waals surface area contributed by atoms with Crippen LogP contribution in [-0.2, 0) is 11.3 Å². The van der Waals surface area contributed by atoms with Gasteiger partial charge in [-0.2, -0.15) is 0 Å². The van der Waals surface area contributed by atoms with Gasteiger partial charge in [-0.1, -0.05) is 25.6 Å². The van der Waals surface area contributed by atoms with E-state index in [1.54, 1.807) is 4.68 Å². The Labute approximate surface area is 124 Å². The van der Waals surface area contributed by atoms with Crippen LogP contribution in [0.2, 0.25) is 0 Å². The van der Waals surface area contributed by atoms with Gasteiger partial charge in [-0.25, -0.2) is 4.68 Å². The van der Waals surface area contributed by atoms with Crippen molar-refractivity contribution >= 4 is 11.8 Å². The maximum absolute atomic E-state index is 9.71. The Kier molecular flexibility index (Phi) is 8.75. The first kappa shape index (κ1) is 17.4. The molecule has 0 bridgehead atoms. The van der Waals surface area contributed by atoms with Crippen LogP contribution < -0.4 is 5.32 Å². The highest BCUT2D eigenvalue weighted by molar-refractivity contribution is 7.99. The van der Waals surface area contributed by atoms with Crippen molar-refractivity contribution in [2.45, 2.75) is 38.6 Å². The Hall–Kier alpha value is -0.700. The lowest BCUT2D eigenvalue weighted by molar-refractivity contribution is 0.0551. The van der Waals surface area contributed by atoms with E-state index in [2.05, 4.69) is 34.7 Å². The molecule has 0 aromatic carbocycles. The maximum atomic E-state index is 9.71. The average molecular weight is 303 g/mol. The third kappa shape index (κ3) is 7.18. The van der Waals surface area contributed by atoms with Crippen molar-refractivity contribution in [2.75, 3.05) is 32.1 Å². The molecule has 0 aliphatic carbocycles. The summed E-state index contributed by atoms with van der Waals surface area (Å²) in [5.41, 5.74) is 0. The van der Waals surface area contributed by atoms with E-state index in [1.807, 2.05) is 6.92 Å². The molecule has 0 saturated heterocycles. The van der Waals surface area contributed by atoms with Crippen molar-refractivity contribution in [1.82, 2.24) is 25.5 Å². The highest BCUT2D eigenvalue weighted by Crippen LogP contribution is 2.14. The molecule has 0 radical (unpaired) electrons. The van der Waals surface area contributed by atoms with Gasteiger partial charge in [0.1, 0.15) is 0 Å². The van der Waals surface area contributed by atoms with Gasteiger partial charge in [0.2, 0.25) is 5.16 Å². The smallest absolute Gasteiger partial charge is 0.209 e. The first-order chi connectivity index (χ1) is 9.63. The molecule has 1 aromatic rings. The van der Waals surface area contributed by atoms with Crippen LogP contribution in [0.5, 0.6) is 0 Å². The minimum absolute atomic E-state index is 0.348. The molecule has 1 atom stereocenters. The van der Waals surface area contributed by atoms with Crippen LogP contribution in [0, 0.1) is 5.92 Å². The highest BCUT2D eigenvalue weighted by Gasteiger charge is 2.10. The molecule has 0 amide bonds. The molecule has 0 fully saturated rings. The minimum Gasteiger partial charge on any atom is -0.390 e. The number of aliphatic hydroxyl groups excluding tert-OH is 1. The number of ether oxygens (including phenoxy) is 1. The fourth-order valence-corrected chi connectivity index (χ4v) is 2.30. The van der Waals surface area contributed by atoms with Gasteiger partial charge in [0.05, 0.1) is 19.3 Å². The zero-order valence-corrected chi connectivity index (χ0v) is 13.3. The van der Waals surface area contributed by atoms with Crippen molar-refractivity contribution in [3.05, 3.63) is 0 Å². The Balaban J connectivity index is 2.27. The molecule has 8 heteroatoms. The largest absolute Gasteiger partial charge is 0.390 e. The molecule has 7 nitrogen and oxygen atoms in total. The minimum atomic E-state index is -0.496. The molecule has 0 aliphatic rings. The first-order valence-electron chi connectivity index (χ1n) is 6.99. The zero-order chi connectivity index (χ0) is 14.8. The third-order valence-electron chi connectivity index (χ3n) is 2.47. The van der Waals surface area contributed by atoms with E-state index in [1.165, 1.54) is 11.8 Å². The molecule has 20 heavy (non-hydrogen) atoms. The van der Waals surface area contributed by atoms with Crippen molar-refractivity contribution in [1.29, 1.82) is 0 Å². The SMILES string of the molecule is CCOCC(O)CSc1nnnn1CCNCC(C)C. The molecule has 1 unspecified atom stereocenters. The first-order valence-corrected chi connectivity index (χ1v) is 7.97. The fraction of sp³-hybridized carbons (Fsp3) is 0.917.